The number of hydrogen-bond donors (Lipinski definition) is 0. The summed E-state index contributed by atoms with van der Waals surface area (Å²) >= 11 is 0. The molecule has 3 heterocycles. The molecule has 0 saturated heterocycles. The first-order valence-corrected chi connectivity index (χ1v) is 16.3. The minimum atomic E-state index is 0.739. The number of fused-ring (bicyclic) bond motifs is 3. The van der Waals surface area contributed by atoms with E-state index in [1.807, 2.05) is 82.3 Å². The van der Waals surface area contributed by atoms with E-state index in [-0.39, 0.29) is 0 Å². The van der Waals surface area contributed by atoms with E-state index in [0.717, 1.165) is 56.2 Å². The minimum absolute atomic E-state index is 0.739. The van der Waals surface area contributed by atoms with Gasteiger partial charge in [0.05, 0.1) is 22.4 Å². The second-order valence-corrected chi connectivity index (χ2v) is 12.0. The van der Waals surface area contributed by atoms with Gasteiger partial charge in [0, 0.05) is 35.4 Å². The first kappa shape index (κ1) is 28.5. The summed E-state index contributed by atoms with van der Waals surface area (Å²) in [5, 5.41) is 2.33. The summed E-state index contributed by atoms with van der Waals surface area (Å²) in [6.07, 6.45) is 9.41. The number of nitrogens with zero attached hydrogens (tertiary/aromatic N) is 4. The third-order valence-electron chi connectivity index (χ3n) is 8.85. The van der Waals surface area contributed by atoms with Crippen molar-refractivity contribution >= 4 is 21.8 Å². The second kappa shape index (κ2) is 12.1. The number of aromatic nitrogens is 4. The largest absolute Gasteiger partial charge is 0.458 e. The Bertz CT molecular complexity index is 2510. The molecule has 0 atom stereocenters. The van der Waals surface area contributed by atoms with Gasteiger partial charge in [0.2, 0.25) is 0 Å². The molecule has 0 amide bonds. The maximum atomic E-state index is 6.49. The first-order valence-electron chi connectivity index (χ1n) is 16.3. The van der Waals surface area contributed by atoms with Gasteiger partial charge in [-0.1, -0.05) is 91.0 Å². The predicted octanol–water partition coefficient (Wildman–Crippen LogP) is 10.2. The third kappa shape index (κ3) is 5.43. The maximum absolute atomic E-state index is 6.49. The SMILES string of the molecule is [c-]1n(-c2cccc(Oc3ccc4c5ccccc5n(-c5ccccn5)c4c3)c2)cc[n+]1-c1cc(-c2ccccc2)cc(-c2ccccc2)c1. The fraction of sp³-hybridized carbons (Fsp3) is 0. The fourth-order valence-electron chi connectivity index (χ4n) is 6.53. The third-order valence-corrected chi connectivity index (χ3v) is 8.85. The molecule has 0 N–H and O–H groups in total. The van der Waals surface area contributed by atoms with E-state index in [0.29, 0.717) is 0 Å². The highest BCUT2D eigenvalue weighted by molar-refractivity contribution is 6.09. The Kier molecular flexibility index (Phi) is 7.06. The fourth-order valence-corrected chi connectivity index (χ4v) is 6.53. The standard InChI is InChI=1S/C44H30N4O/c1-3-12-32(13-4-1)34-26-35(33-14-5-2-6-15-33)28-37(27-34)47-25-24-46(31-47)36-16-11-17-38(29-36)49-39-21-22-41-40-18-7-8-19-42(40)48(43(41)30-39)44-20-9-10-23-45-44/h1-30H. The molecule has 0 aliphatic carbocycles. The molecule has 49 heavy (non-hydrogen) atoms. The Labute approximate surface area is 284 Å². The zero-order valence-corrected chi connectivity index (χ0v) is 26.5. The quantitative estimate of drug-likeness (QED) is 0.130. The molecule has 0 saturated carbocycles. The van der Waals surface area contributed by atoms with Crippen LogP contribution in [0.1, 0.15) is 0 Å². The molecule has 0 unspecified atom stereocenters. The summed E-state index contributed by atoms with van der Waals surface area (Å²) in [5.41, 5.74) is 8.78. The van der Waals surface area contributed by atoms with Crippen LogP contribution in [0.3, 0.4) is 0 Å². The highest BCUT2D eigenvalue weighted by Gasteiger charge is 2.14. The number of hydrogen-bond acceptors (Lipinski definition) is 2. The van der Waals surface area contributed by atoms with E-state index in [1.165, 1.54) is 16.5 Å². The van der Waals surface area contributed by atoms with Gasteiger partial charge in [-0.2, -0.15) is 0 Å². The Morgan fingerprint density at radius 3 is 1.98 bits per heavy atom. The van der Waals surface area contributed by atoms with E-state index in [9.17, 15) is 0 Å². The number of imidazole rings is 1. The van der Waals surface area contributed by atoms with Crippen molar-refractivity contribution in [2.24, 2.45) is 0 Å². The highest BCUT2D eigenvalue weighted by atomic mass is 16.5. The van der Waals surface area contributed by atoms with Crippen LogP contribution in [0.2, 0.25) is 0 Å². The van der Waals surface area contributed by atoms with Crippen LogP contribution in [-0.2, 0) is 0 Å². The van der Waals surface area contributed by atoms with Gasteiger partial charge in [-0.3, -0.25) is 13.7 Å². The smallest absolute Gasteiger partial charge is 0.268 e. The minimum Gasteiger partial charge on any atom is -0.458 e. The average molecular weight is 631 g/mol. The van der Waals surface area contributed by atoms with Gasteiger partial charge >= 0.3 is 0 Å². The lowest BCUT2D eigenvalue weighted by Crippen LogP contribution is -2.28. The molecule has 3 aromatic heterocycles. The van der Waals surface area contributed by atoms with Crippen molar-refractivity contribution in [3.05, 3.63) is 189 Å². The van der Waals surface area contributed by atoms with E-state index < -0.39 is 0 Å². The topological polar surface area (TPSA) is 35.9 Å². The Balaban J connectivity index is 1.05. The summed E-state index contributed by atoms with van der Waals surface area (Å²) in [4.78, 5) is 4.66. The molecule has 9 rings (SSSR count). The van der Waals surface area contributed by atoms with E-state index >= 15 is 0 Å². The Morgan fingerprint density at radius 1 is 0.531 bits per heavy atom. The summed E-state index contributed by atoms with van der Waals surface area (Å²) in [7, 11) is 0. The predicted molar refractivity (Wildman–Crippen MR) is 196 cm³/mol. The van der Waals surface area contributed by atoms with Crippen LogP contribution >= 0.6 is 0 Å². The van der Waals surface area contributed by atoms with Crippen molar-refractivity contribution in [2.45, 2.75) is 0 Å². The van der Waals surface area contributed by atoms with Crippen LogP contribution in [0.5, 0.6) is 11.5 Å². The van der Waals surface area contributed by atoms with Crippen LogP contribution < -0.4 is 9.30 Å². The van der Waals surface area contributed by atoms with Crippen molar-refractivity contribution in [3.8, 4) is 50.9 Å². The van der Waals surface area contributed by atoms with E-state index in [2.05, 4.69) is 125 Å². The number of rotatable bonds is 7. The van der Waals surface area contributed by atoms with Crippen molar-refractivity contribution < 1.29 is 9.30 Å². The normalized spacial score (nSPS) is 11.3. The molecule has 0 aliphatic rings. The lowest BCUT2D eigenvalue weighted by Gasteiger charge is -2.11. The maximum Gasteiger partial charge on any atom is 0.268 e. The van der Waals surface area contributed by atoms with Gasteiger partial charge in [-0.15, -0.1) is 0 Å². The van der Waals surface area contributed by atoms with Gasteiger partial charge in [0.1, 0.15) is 17.3 Å². The van der Waals surface area contributed by atoms with Crippen molar-refractivity contribution in [1.82, 2.24) is 14.1 Å². The van der Waals surface area contributed by atoms with Crippen LogP contribution in [-0.4, -0.2) is 14.1 Å². The molecule has 9 aromatic rings. The molecule has 0 fully saturated rings. The van der Waals surface area contributed by atoms with Crippen molar-refractivity contribution in [1.29, 1.82) is 0 Å². The molecule has 0 bridgehead atoms. The summed E-state index contributed by atoms with van der Waals surface area (Å²) in [6.45, 7) is 0. The van der Waals surface area contributed by atoms with Gasteiger partial charge < -0.3 is 4.74 Å². The van der Waals surface area contributed by atoms with Gasteiger partial charge in [-0.25, -0.2) is 4.98 Å². The Morgan fingerprint density at radius 2 is 1.22 bits per heavy atom. The number of benzene rings is 6. The molecule has 5 nitrogen and oxygen atoms in total. The van der Waals surface area contributed by atoms with Gasteiger partial charge in [0.15, 0.2) is 0 Å². The summed E-state index contributed by atoms with van der Waals surface area (Å²) in [5.74, 6) is 2.36. The second-order valence-electron chi connectivity index (χ2n) is 12.0. The van der Waals surface area contributed by atoms with Crippen LogP contribution in [0.25, 0.3) is 61.3 Å². The van der Waals surface area contributed by atoms with Crippen LogP contribution in [0, 0.1) is 6.33 Å². The Hall–Kier alpha value is -6.72. The molecule has 5 heteroatoms. The van der Waals surface area contributed by atoms with Crippen LogP contribution in [0.15, 0.2) is 182 Å². The average Bonchev–Trinajstić information content (AvgIpc) is 3.80. The number of para-hydroxylation sites is 1. The zero-order chi connectivity index (χ0) is 32.6. The van der Waals surface area contributed by atoms with Gasteiger partial charge in [-0.05, 0) is 89.0 Å². The molecule has 0 aliphatic heterocycles. The highest BCUT2D eigenvalue weighted by Crippen LogP contribution is 2.35. The molecule has 0 spiro atoms. The molecule has 232 valence electrons. The van der Waals surface area contributed by atoms with E-state index in [1.54, 1.807) is 0 Å². The lowest BCUT2D eigenvalue weighted by atomic mass is 9.98. The summed E-state index contributed by atoms with van der Waals surface area (Å²) < 4.78 is 12.7. The lowest BCUT2D eigenvalue weighted by molar-refractivity contribution is -0.599. The zero-order valence-electron chi connectivity index (χ0n) is 26.5. The molecule has 0 radical (unpaired) electrons. The molecular weight excluding hydrogens is 601 g/mol. The monoisotopic (exact) mass is 630 g/mol. The number of ether oxygens (including phenoxy) is 1. The molecular formula is C44H30N4O. The van der Waals surface area contributed by atoms with Gasteiger partial charge in [0.25, 0.3) is 6.33 Å². The van der Waals surface area contributed by atoms with E-state index in [4.69, 9.17) is 4.74 Å². The van der Waals surface area contributed by atoms with Crippen molar-refractivity contribution in [3.63, 3.8) is 0 Å². The molecule has 6 aromatic carbocycles. The van der Waals surface area contributed by atoms with Crippen molar-refractivity contribution in [2.75, 3.05) is 0 Å². The first-order chi connectivity index (χ1) is 24.3. The number of pyridine rings is 1. The van der Waals surface area contributed by atoms with Crippen LogP contribution in [0.4, 0.5) is 0 Å². The summed E-state index contributed by atoms with van der Waals surface area (Å²) in [6, 6.07) is 56.4.